The molecule has 1 aromatic heterocycles. The number of piperidine rings is 1. The second-order valence-electron chi connectivity index (χ2n) is 6.34. The summed E-state index contributed by atoms with van der Waals surface area (Å²) < 4.78 is 1.83. The number of carbonyl (C=O) groups is 1. The molecule has 116 valence electrons. The minimum atomic E-state index is 0.145. The first kappa shape index (κ1) is 14.6. The highest BCUT2D eigenvalue weighted by atomic mass is 16.2. The van der Waals surface area contributed by atoms with E-state index in [1.54, 1.807) is 0 Å². The molecule has 0 saturated carbocycles. The minimum absolute atomic E-state index is 0.145. The Labute approximate surface area is 126 Å². The molecule has 5 heteroatoms. The number of hydrogen-bond acceptors (Lipinski definition) is 3. The summed E-state index contributed by atoms with van der Waals surface area (Å²) in [5.74, 6) is 0.145. The maximum Gasteiger partial charge on any atom is 0.272 e. The van der Waals surface area contributed by atoms with Crippen molar-refractivity contribution < 1.29 is 4.79 Å². The van der Waals surface area contributed by atoms with Crippen LogP contribution in [0.25, 0.3) is 0 Å². The third-order valence-corrected chi connectivity index (χ3v) is 4.91. The third-order valence-electron chi connectivity index (χ3n) is 4.91. The molecule has 0 aliphatic carbocycles. The number of carbonyl (C=O) groups excluding carboxylic acids is 1. The standard InChI is InChI=1S/C16H26N4O/c1-4-19(14-9-12-6-7-13(10-14)17-12)16(21)15-8-11(3)18-20(15)5-2/h8,12-14,17H,4-7,9-10H2,1-3H3. The Bertz CT molecular complexity index is 512. The van der Waals surface area contributed by atoms with Crippen LogP contribution in [0.5, 0.6) is 0 Å². The van der Waals surface area contributed by atoms with Gasteiger partial charge >= 0.3 is 0 Å². The van der Waals surface area contributed by atoms with Crippen LogP contribution in [0.4, 0.5) is 0 Å². The van der Waals surface area contributed by atoms with Gasteiger partial charge in [-0.15, -0.1) is 0 Å². The molecule has 2 atom stereocenters. The van der Waals surface area contributed by atoms with Crippen molar-refractivity contribution in [2.45, 2.75) is 71.1 Å². The molecule has 5 nitrogen and oxygen atoms in total. The van der Waals surface area contributed by atoms with E-state index >= 15 is 0 Å². The van der Waals surface area contributed by atoms with Gasteiger partial charge in [-0.05, 0) is 52.5 Å². The average molecular weight is 290 g/mol. The number of nitrogens with one attached hydrogen (secondary N) is 1. The molecule has 0 radical (unpaired) electrons. The van der Waals surface area contributed by atoms with E-state index in [1.807, 2.05) is 24.6 Å². The highest BCUT2D eigenvalue weighted by Crippen LogP contribution is 2.30. The fraction of sp³-hybridized carbons (Fsp3) is 0.750. The van der Waals surface area contributed by atoms with E-state index in [-0.39, 0.29) is 5.91 Å². The maximum atomic E-state index is 12.9. The van der Waals surface area contributed by atoms with Gasteiger partial charge in [0.2, 0.25) is 0 Å². The van der Waals surface area contributed by atoms with E-state index in [0.717, 1.165) is 37.3 Å². The fourth-order valence-electron chi connectivity index (χ4n) is 3.96. The lowest BCUT2D eigenvalue weighted by molar-refractivity contribution is 0.0618. The molecule has 2 bridgehead atoms. The van der Waals surface area contributed by atoms with Crippen LogP contribution in [-0.2, 0) is 6.54 Å². The van der Waals surface area contributed by atoms with Gasteiger partial charge in [0, 0.05) is 31.2 Å². The Balaban J connectivity index is 1.80. The van der Waals surface area contributed by atoms with Crippen LogP contribution in [0.2, 0.25) is 0 Å². The van der Waals surface area contributed by atoms with Crippen LogP contribution in [0.15, 0.2) is 6.07 Å². The van der Waals surface area contributed by atoms with Gasteiger partial charge in [0.25, 0.3) is 5.91 Å². The molecule has 2 aliphatic rings. The van der Waals surface area contributed by atoms with Gasteiger partial charge in [0.05, 0.1) is 5.69 Å². The van der Waals surface area contributed by atoms with Crippen LogP contribution in [-0.4, -0.2) is 45.3 Å². The number of aryl methyl sites for hydroxylation is 2. The predicted octanol–water partition coefficient (Wildman–Crippen LogP) is 1.96. The van der Waals surface area contributed by atoms with E-state index in [2.05, 4.69) is 22.2 Å². The summed E-state index contributed by atoms with van der Waals surface area (Å²) in [5, 5.41) is 8.06. The topological polar surface area (TPSA) is 50.2 Å². The van der Waals surface area contributed by atoms with Crippen molar-refractivity contribution >= 4 is 5.91 Å². The molecule has 3 heterocycles. The number of fused-ring (bicyclic) bond motifs is 2. The third kappa shape index (κ3) is 2.71. The molecule has 2 aliphatic heterocycles. The molecule has 3 rings (SSSR count). The zero-order valence-corrected chi connectivity index (χ0v) is 13.3. The van der Waals surface area contributed by atoms with Crippen molar-refractivity contribution in [3.8, 4) is 0 Å². The Morgan fingerprint density at radius 2 is 2.05 bits per heavy atom. The Hall–Kier alpha value is -1.36. The van der Waals surface area contributed by atoms with E-state index in [1.165, 1.54) is 12.8 Å². The van der Waals surface area contributed by atoms with Gasteiger partial charge in [-0.3, -0.25) is 9.48 Å². The predicted molar refractivity (Wildman–Crippen MR) is 82.3 cm³/mol. The maximum absolute atomic E-state index is 12.9. The molecule has 1 aromatic rings. The fourth-order valence-corrected chi connectivity index (χ4v) is 3.96. The first-order valence-electron chi connectivity index (χ1n) is 8.23. The highest BCUT2D eigenvalue weighted by Gasteiger charge is 2.37. The lowest BCUT2D eigenvalue weighted by Crippen LogP contribution is -2.50. The summed E-state index contributed by atoms with van der Waals surface area (Å²) in [5.41, 5.74) is 1.66. The highest BCUT2D eigenvalue weighted by molar-refractivity contribution is 5.93. The van der Waals surface area contributed by atoms with Gasteiger partial charge in [0.1, 0.15) is 5.69 Å². The van der Waals surface area contributed by atoms with Gasteiger partial charge in [-0.25, -0.2) is 0 Å². The van der Waals surface area contributed by atoms with E-state index < -0.39 is 0 Å². The number of nitrogens with zero attached hydrogens (tertiary/aromatic N) is 3. The largest absolute Gasteiger partial charge is 0.335 e. The van der Waals surface area contributed by atoms with E-state index in [9.17, 15) is 4.79 Å². The second-order valence-corrected chi connectivity index (χ2v) is 6.34. The number of hydrogen-bond donors (Lipinski definition) is 1. The molecular weight excluding hydrogens is 264 g/mol. The SMILES string of the molecule is CCN(C(=O)c1cc(C)nn1CC)C1CC2CCC(C1)N2. The van der Waals surface area contributed by atoms with E-state index in [4.69, 9.17) is 0 Å². The first-order valence-corrected chi connectivity index (χ1v) is 8.23. The molecule has 0 spiro atoms. The quantitative estimate of drug-likeness (QED) is 0.922. The number of rotatable bonds is 4. The van der Waals surface area contributed by atoms with Gasteiger partial charge in [-0.1, -0.05) is 0 Å². The minimum Gasteiger partial charge on any atom is -0.335 e. The first-order chi connectivity index (χ1) is 10.1. The molecule has 0 aromatic carbocycles. The van der Waals surface area contributed by atoms with Crippen LogP contribution in [0.3, 0.4) is 0 Å². The lowest BCUT2D eigenvalue weighted by Gasteiger charge is -2.37. The number of aromatic nitrogens is 2. The van der Waals surface area contributed by atoms with Crippen LogP contribution in [0.1, 0.15) is 55.7 Å². The van der Waals surface area contributed by atoms with Gasteiger partial charge < -0.3 is 10.2 Å². The molecule has 2 unspecified atom stereocenters. The van der Waals surface area contributed by atoms with Gasteiger partial charge in [0.15, 0.2) is 0 Å². The van der Waals surface area contributed by atoms with Crippen molar-refractivity contribution in [3.05, 3.63) is 17.5 Å². The van der Waals surface area contributed by atoms with Crippen molar-refractivity contribution in [2.24, 2.45) is 0 Å². The Morgan fingerprint density at radius 1 is 1.38 bits per heavy atom. The molecular formula is C16H26N4O. The summed E-state index contributed by atoms with van der Waals surface area (Å²) in [4.78, 5) is 15.0. The molecule has 21 heavy (non-hydrogen) atoms. The summed E-state index contributed by atoms with van der Waals surface area (Å²) in [6.07, 6.45) is 4.71. The van der Waals surface area contributed by atoms with Crippen LogP contribution in [0, 0.1) is 6.92 Å². The zero-order chi connectivity index (χ0) is 15.0. The van der Waals surface area contributed by atoms with Gasteiger partial charge in [-0.2, -0.15) is 5.10 Å². The van der Waals surface area contributed by atoms with Crippen LogP contribution >= 0.6 is 0 Å². The van der Waals surface area contributed by atoms with Crippen molar-refractivity contribution in [1.29, 1.82) is 0 Å². The van der Waals surface area contributed by atoms with Crippen molar-refractivity contribution in [2.75, 3.05) is 6.54 Å². The summed E-state index contributed by atoms with van der Waals surface area (Å²) >= 11 is 0. The van der Waals surface area contributed by atoms with Crippen molar-refractivity contribution in [3.63, 3.8) is 0 Å². The number of amides is 1. The second kappa shape index (κ2) is 5.79. The summed E-state index contributed by atoms with van der Waals surface area (Å²) in [6, 6.07) is 3.51. The molecule has 2 saturated heterocycles. The molecule has 2 fully saturated rings. The monoisotopic (exact) mass is 290 g/mol. The molecule has 1 amide bonds. The summed E-state index contributed by atoms with van der Waals surface area (Å²) in [6.45, 7) is 7.58. The normalized spacial score (nSPS) is 27.9. The zero-order valence-electron chi connectivity index (χ0n) is 13.3. The smallest absolute Gasteiger partial charge is 0.272 e. The average Bonchev–Trinajstić information content (AvgIpc) is 3.02. The summed E-state index contributed by atoms with van der Waals surface area (Å²) in [7, 11) is 0. The van der Waals surface area contributed by atoms with E-state index in [0.29, 0.717) is 18.1 Å². The Morgan fingerprint density at radius 3 is 2.62 bits per heavy atom. The molecule has 1 N–H and O–H groups in total. The lowest BCUT2D eigenvalue weighted by atomic mass is 9.98. The van der Waals surface area contributed by atoms with Crippen LogP contribution < -0.4 is 5.32 Å². The van der Waals surface area contributed by atoms with Crippen molar-refractivity contribution in [1.82, 2.24) is 20.0 Å². The Kier molecular flexibility index (Phi) is 4.02.